The van der Waals surface area contributed by atoms with Crippen LogP contribution in [0, 0.1) is 3.57 Å². The monoisotopic (exact) mass is 303 g/mol. The Hall–Kier alpha value is -0.420. The lowest BCUT2D eigenvalue weighted by Crippen LogP contribution is -2.34. The molecule has 0 aliphatic heterocycles. The second kappa shape index (κ2) is 5.46. The molecular formula is C11H14INO. The molecule has 0 heterocycles. The van der Waals surface area contributed by atoms with Crippen molar-refractivity contribution in [2.45, 2.75) is 19.4 Å². The van der Waals surface area contributed by atoms with Gasteiger partial charge in [0.2, 0.25) is 0 Å². The summed E-state index contributed by atoms with van der Waals surface area (Å²) in [5.41, 5.74) is 1.19. The standard InChI is InChI=1S/C11H14INO/c1-8(14)11(13-2)7-9-3-5-10(12)6-4-9/h3-6,11,13H,7H2,1-2H3/t11-/m1/s1. The summed E-state index contributed by atoms with van der Waals surface area (Å²) in [6.07, 6.45) is 0.767. The topological polar surface area (TPSA) is 29.1 Å². The SMILES string of the molecule is CN[C@H](Cc1ccc(I)cc1)C(C)=O. The molecule has 3 heteroatoms. The van der Waals surface area contributed by atoms with Gasteiger partial charge in [0.25, 0.3) is 0 Å². The zero-order chi connectivity index (χ0) is 10.6. The summed E-state index contributed by atoms with van der Waals surface area (Å²) < 4.78 is 1.22. The molecule has 0 aliphatic rings. The second-order valence-electron chi connectivity index (χ2n) is 3.28. The van der Waals surface area contributed by atoms with Crippen molar-refractivity contribution in [1.82, 2.24) is 5.32 Å². The van der Waals surface area contributed by atoms with Crippen molar-refractivity contribution >= 4 is 28.4 Å². The summed E-state index contributed by atoms with van der Waals surface area (Å²) in [5, 5.41) is 3.01. The quantitative estimate of drug-likeness (QED) is 0.862. The van der Waals surface area contributed by atoms with E-state index in [9.17, 15) is 4.79 Å². The molecule has 2 nitrogen and oxygen atoms in total. The number of rotatable bonds is 4. The first kappa shape index (κ1) is 11.7. The molecule has 0 bridgehead atoms. The van der Waals surface area contributed by atoms with Gasteiger partial charge in [-0.2, -0.15) is 0 Å². The number of carbonyl (C=O) groups excluding carboxylic acids is 1. The maximum atomic E-state index is 11.2. The van der Waals surface area contributed by atoms with Crippen LogP contribution in [-0.4, -0.2) is 18.9 Å². The van der Waals surface area contributed by atoms with E-state index in [2.05, 4.69) is 52.2 Å². The van der Waals surface area contributed by atoms with E-state index in [1.165, 1.54) is 9.13 Å². The van der Waals surface area contributed by atoms with E-state index < -0.39 is 0 Å². The van der Waals surface area contributed by atoms with Gasteiger partial charge in [-0.15, -0.1) is 0 Å². The second-order valence-corrected chi connectivity index (χ2v) is 4.53. The summed E-state index contributed by atoms with van der Waals surface area (Å²) in [6, 6.07) is 8.19. The molecular weight excluding hydrogens is 289 g/mol. The van der Waals surface area contributed by atoms with Crippen LogP contribution in [0.1, 0.15) is 12.5 Å². The third-order valence-electron chi connectivity index (χ3n) is 2.19. The lowest BCUT2D eigenvalue weighted by Gasteiger charge is -2.12. The number of hydrogen-bond donors (Lipinski definition) is 1. The molecule has 0 saturated heterocycles. The van der Waals surface area contributed by atoms with Gasteiger partial charge in [0.1, 0.15) is 5.78 Å². The highest BCUT2D eigenvalue weighted by molar-refractivity contribution is 14.1. The van der Waals surface area contributed by atoms with Gasteiger partial charge in [-0.05, 0) is 60.7 Å². The largest absolute Gasteiger partial charge is 0.310 e. The van der Waals surface area contributed by atoms with Crippen LogP contribution in [-0.2, 0) is 11.2 Å². The molecule has 1 atom stereocenters. The van der Waals surface area contributed by atoms with Crippen LogP contribution in [0.5, 0.6) is 0 Å². The van der Waals surface area contributed by atoms with Crippen LogP contribution in [0.2, 0.25) is 0 Å². The van der Waals surface area contributed by atoms with Crippen molar-refractivity contribution in [3.63, 3.8) is 0 Å². The summed E-state index contributed by atoms with van der Waals surface area (Å²) in [6.45, 7) is 1.62. The van der Waals surface area contributed by atoms with Gasteiger partial charge in [-0.1, -0.05) is 12.1 Å². The van der Waals surface area contributed by atoms with Gasteiger partial charge in [-0.25, -0.2) is 0 Å². The summed E-state index contributed by atoms with van der Waals surface area (Å²) in [7, 11) is 1.82. The molecule has 0 spiro atoms. The fourth-order valence-corrected chi connectivity index (χ4v) is 1.66. The Morgan fingerprint density at radius 2 is 2.00 bits per heavy atom. The third-order valence-corrected chi connectivity index (χ3v) is 2.91. The lowest BCUT2D eigenvalue weighted by atomic mass is 10.0. The van der Waals surface area contributed by atoms with E-state index in [1.54, 1.807) is 6.92 Å². The van der Waals surface area contributed by atoms with E-state index in [1.807, 2.05) is 7.05 Å². The summed E-state index contributed by atoms with van der Waals surface area (Å²) >= 11 is 2.27. The minimum absolute atomic E-state index is 0.0601. The Balaban J connectivity index is 2.67. The van der Waals surface area contributed by atoms with Gasteiger partial charge < -0.3 is 5.32 Å². The predicted octanol–water partition coefficient (Wildman–Crippen LogP) is 2.01. The molecule has 76 valence electrons. The van der Waals surface area contributed by atoms with Gasteiger partial charge in [0, 0.05) is 3.57 Å². The van der Waals surface area contributed by atoms with Crippen LogP contribution < -0.4 is 5.32 Å². The number of carbonyl (C=O) groups is 1. The molecule has 0 fully saturated rings. The number of ketones is 1. The Morgan fingerprint density at radius 3 is 2.43 bits per heavy atom. The normalized spacial score (nSPS) is 12.5. The molecule has 0 aliphatic carbocycles. The molecule has 1 aromatic rings. The highest BCUT2D eigenvalue weighted by atomic mass is 127. The van der Waals surface area contributed by atoms with Gasteiger partial charge in [0.05, 0.1) is 6.04 Å². The molecule has 0 saturated carbocycles. The molecule has 1 N–H and O–H groups in total. The maximum Gasteiger partial charge on any atom is 0.147 e. The molecule has 1 aromatic carbocycles. The maximum absolute atomic E-state index is 11.2. The molecule has 14 heavy (non-hydrogen) atoms. The van der Waals surface area contributed by atoms with E-state index in [0.29, 0.717) is 0 Å². The number of likely N-dealkylation sites (N-methyl/N-ethyl adjacent to an activating group) is 1. The Bertz CT molecular complexity index is 308. The van der Waals surface area contributed by atoms with Crippen molar-refractivity contribution in [1.29, 1.82) is 0 Å². The minimum Gasteiger partial charge on any atom is -0.310 e. The fraction of sp³-hybridized carbons (Fsp3) is 0.364. The summed E-state index contributed by atoms with van der Waals surface area (Å²) in [5.74, 6) is 0.186. The molecule has 1 rings (SSSR count). The number of benzene rings is 1. The van der Waals surface area contributed by atoms with Crippen molar-refractivity contribution in [2.75, 3.05) is 7.05 Å². The Morgan fingerprint density at radius 1 is 1.43 bits per heavy atom. The van der Waals surface area contributed by atoms with Crippen molar-refractivity contribution in [3.8, 4) is 0 Å². The first-order chi connectivity index (χ1) is 6.63. The van der Waals surface area contributed by atoms with Crippen molar-refractivity contribution < 1.29 is 4.79 Å². The third kappa shape index (κ3) is 3.38. The van der Waals surface area contributed by atoms with Crippen LogP contribution in [0.3, 0.4) is 0 Å². The van der Waals surface area contributed by atoms with Crippen LogP contribution in [0.15, 0.2) is 24.3 Å². The highest BCUT2D eigenvalue weighted by Crippen LogP contribution is 2.09. The van der Waals surface area contributed by atoms with E-state index in [4.69, 9.17) is 0 Å². The predicted molar refractivity (Wildman–Crippen MR) is 66.4 cm³/mol. The van der Waals surface area contributed by atoms with E-state index in [-0.39, 0.29) is 11.8 Å². The average molecular weight is 303 g/mol. The number of hydrogen-bond acceptors (Lipinski definition) is 2. The number of nitrogens with one attached hydrogen (secondary N) is 1. The highest BCUT2D eigenvalue weighted by Gasteiger charge is 2.11. The zero-order valence-corrected chi connectivity index (χ0v) is 10.5. The number of Topliss-reactive ketones (excluding diaryl/α,β-unsaturated/α-hetero) is 1. The number of halogens is 1. The molecule has 0 aromatic heterocycles. The zero-order valence-electron chi connectivity index (χ0n) is 8.38. The minimum atomic E-state index is -0.0601. The summed E-state index contributed by atoms with van der Waals surface area (Å²) in [4.78, 5) is 11.2. The van der Waals surface area contributed by atoms with Crippen LogP contribution >= 0.6 is 22.6 Å². The fourth-order valence-electron chi connectivity index (χ4n) is 1.31. The Kier molecular flexibility index (Phi) is 4.54. The first-order valence-electron chi connectivity index (χ1n) is 4.55. The van der Waals surface area contributed by atoms with Gasteiger partial charge in [-0.3, -0.25) is 4.79 Å². The van der Waals surface area contributed by atoms with Crippen molar-refractivity contribution in [3.05, 3.63) is 33.4 Å². The van der Waals surface area contributed by atoms with E-state index in [0.717, 1.165) is 6.42 Å². The lowest BCUT2D eigenvalue weighted by molar-refractivity contribution is -0.118. The van der Waals surface area contributed by atoms with Gasteiger partial charge >= 0.3 is 0 Å². The molecule has 0 radical (unpaired) electrons. The molecule has 0 amide bonds. The molecule has 0 unspecified atom stereocenters. The van der Waals surface area contributed by atoms with Crippen molar-refractivity contribution in [2.24, 2.45) is 0 Å². The van der Waals surface area contributed by atoms with Crippen LogP contribution in [0.25, 0.3) is 0 Å². The van der Waals surface area contributed by atoms with E-state index >= 15 is 0 Å². The first-order valence-corrected chi connectivity index (χ1v) is 5.63. The smallest absolute Gasteiger partial charge is 0.147 e. The Labute approximate surface area is 98.2 Å². The average Bonchev–Trinajstić information content (AvgIpc) is 2.16. The van der Waals surface area contributed by atoms with Gasteiger partial charge in [0.15, 0.2) is 0 Å². The van der Waals surface area contributed by atoms with Crippen LogP contribution in [0.4, 0.5) is 0 Å².